The molecule has 0 saturated heterocycles. The average Bonchev–Trinajstić information content (AvgIpc) is 3.35. The highest BCUT2D eigenvalue weighted by Gasteiger charge is 2.53. The van der Waals surface area contributed by atoms with Gasteiger partial charge in [0, 0.05) is 16.4 Å². The van der Waals surface area contributed by atoms with Crippen molar-refractivity contribution in [3.63, 3.8) is 0 Å². The Hall–Kier alpha value is -2.69. The minimum Gasteiger partial charge on any atom is -0.496 e. The van der Waals surface area contributed by atoms with E-state index in [0.717, 1.165) is 11.1 Å². The molecule has 0 radical (unpaired) electrons. The van der Waals surface area contributed by atoms with E-state index in [1.165, 1.54) is 37.4 Å². The van der Waals surface area contributed by atoms with Crippen LogP contribution in [-0.2, 0) is 0 Å². The molecule has 27 heavy (non-hydrogen) atoms. The van der Waals surface area contributed by atoms with Crippen LogP contribution in [0.4, 0.5) is 8.78 Å². The maximum Gasteiger partial charge on any atom is 0.172 e. The van der Waals surface area contributed by atoms with Gasteiger partial charge in [-0.2, -0.15) is 0 Å². The summed E-state index contributed by atoms with van der Waals surface area (Å²) >= 11 is 0. The zero-order chi connectivity index (χ0) is 19.4. The lowest BCUT2D eigenvalue weighted by Crippen LogP contribution is -2.33. The Bertz CT molecular complexity index is 978. The van der Waals surface area contributed by atoms with Crippen LogP contribution in [0, 0.1) is 22.5 Å². The predicted molar refractivity (Wildman–Crippen MR) is 98.0 cm³/mol. The predicted octanol–water partition coefficient (Wildman–Crippen LogP) is 5.05. The van der Waals surface area contributed by atoms with Crippen molar-refractivity contribution in [1.29, 1.82) is 0 Å². The van der Waals surface area contributed by atoms with Gasteiger partial charge in [0.1, 0.15) is 29.7 Å². The number of fused-ring (bicyclic) bond motifs is 3. The van der Waals surface area contributed by atoms with E-state index in [1.807, 2.05) is 19.9 Å². The van der Waals surface area contributed by atoms with Gasteiger partial charge in [-0.05, 0) is 48.4 Å². The summed E-state index contributed by atoms with van der Waals surface area (Å²) in [6.07, 6.45) is 2.53. The van der Waals surface area contributed by atoms with Gasteiger partial charge < -0.3 is 9.47 Å². The molecule has 3 nitrogen and oxygen atoms in total. The normalized spacial score (nSPS) is 20.1. The lowest BCUT2D eigenvalue weighted by atomic mass is 9.73. The molecule has 0 N–H and O–H groups in total. The van der Waals surface area contributed by atoms with Crippen LogP contribution in [0.15, 0.2) is 42.5 Å². The Morgan fingerprint density at radius 2 is 1.89 bits per heavy atom. The van der Waals surface area contributed by atoms with Crippen molar-refractivity contribution in [2.24, 2.45) is 10.8 Å². The maximum absolute atomic E-state index is 13.7. The molecule has 1 atom stereocenters. The van der Waals surface area contributed by atoms with Crippen molar-refractivity contribution < 1.29 is 23.0 Å². The van der Waals surface area contributed by atoms with Gasteiger partial charge in [0.05, 0.1) is 12.7 Å². The quantitative estimate of drug-likeness (QED) is 0.691. The van der Waals surface area contributed by atoms with Crippen molar-refractivity contribution in [2.45, 2.75) is 20.3 Å². The molecule has 1 aliphatic carbocycles. The topological polar surface area (TPSA) is 35.5 Å². The van der Waals surface area contributed by atoms with Crippen molar-refractivity contribution in [1.82, 2.24) is 0 Å². The van der Waals surface area contributed by atoms with Gasteiger partial charge in [-0.3, -0.25) is 4.79 Å². The highest BCUT2D eigenvalue weighted by Crippen LogP contribution is 2.61. The van der Waals surface area contributed by atoms with Gasteiger partial charge in [0.15, 0.2) is 5.78 Å². The zero-order valence-corrected chi connectivity index (χ0v) is 15.4. The molecule has 0 aromatic heterocycles. The van der Waals surface area contributed by atoms with Crippen molar-refractivity contribution >= 4 is 11.4 Å². The second kappa shape index (κ2) is 5.91. The average molecular weight is 370 g/mol. The van der Waals surface area contributed by atoms with Crippen LogP contribution >= 0.6 is 0 Å². The minimum atomic E-state index is -0.784. The second-order valence-corrected chi connectivity index (χ2v) is 7.88. The van der Waals surface area contributed by atoms with Gasteiger partial charge in [0.25, 0.3) is 0 Å². The number of ether oxygens (including phenoxy) is 2. The van der Waals surface area contributed by atoms with Crippen LogP contribution in [0.1, 0.15) is 36.2 Å². The Kier molecular flexibility index (Phi) is 3.88. The monoisotopic (exact) mass is 370 g/mol. The summed E-state index contributed by atoms with van der Waals surface area (Å²) in [5.41, 5.74) is 0.807. The van der Waals surface area contributed by atoms with Crippen LogP contribution in [0.2, 0.25) is 0 Å². The number of hydrogen-bond acceptors (Lipinski definition) is 3. The molecule has 0 saturated carbocycles. The summed E-state index contributed by atoms with van der Waals surface area (Å²) in [5.74, 6) is 0.0115. The van der Waals surface area contributed by atoms with E-state index in [2.05, 4.69) is 0 Å². The number of carbonyl (C=O) groups excluding carboxylic acids is 1. The van der Waals surface area contributed by atoms with Gasteiger partial charge in [-0.1, -0.05) is 19.9 Å². The van der Waals surface area contributed by atoms with E-state index in [1.54, 1.807) is 6.07 Å². The molecule has 1 unspecified atom stereocenters. The van der Waals surface area contributed by atoms with Crippen molar-refractivity contribution in [3.8, 4) is 11.5 Å². The summed E-state index contributed by atoms with van der Waals surface area (Å²) in [7, 11) is 1.46. The standard InChI is InChI=1S/C22H20F2O3/c1-21(2,20(25)16-9-14(24)4-6-18(16)26-3)11-22-10-17(22)15-8-13(23)5-7-19(15)27-12-22/h4-10H,11-12H2,1-3H3. The highest BCUT2D eigenvalue weighted by atomic mass is 19.1. The van der Waals surface area contributed by atoms with Crippen LogP contribution in [0.5, 0.6) is 11.5 Å². The smallest absolute Gasteiger partial charge is 0.172 e. The summed E-state index contributed by atoms with van der Waals surface area (Å²) in [6.45, 7) is 4.08. The first-order valence-corrected chi connectivity index (χ1v) is 8.80. The Morgan fingerprint density at radius 3 is 2.63 bits per heavy atom. The first kappa shape index (κ1) is 17.7. The van der Waals surface area contributed by atoms with Gasteiger partial charge in [-0.15, -0.1) is 0 Å². The molecule has 0 amide bonds. The first-order valence-electron chi connectivity index (χ1n) is 8.80. The molecule has 0 spiro atoms. The fourth-order valence-corrected chi connectivity index (χ4v) is 4.04. The lowest BCUT2D eigenvalue weighted by molar-refractivity contribution is 0.0775. The largest absolute Gasteiger partial charge is 0.496 e. The molecule has 0 fully saturated rings. The summed E-state index contributed by atoms with van der Waals surface area (Å²) in [4.78, 5) is 13.2. The Balaban J connectivity index is 1.60. The molecule has 140 valence electrons. The number of carbonyl (C=O) groups is 1. The lowest BCUT2D eigenvalue weighted by Gasteiger charge is -2.33. The molecule has 2 aromatic carbocycles. The zero-order valence-electron chi connectivity index (χ0n) is 15.4. The van der Waals surface area contributed by atoms with Crippen molar-refractivity contribution in [3.05, 3.63) is 65.2 Å². The van der Waals surface area contributed by atoms with E-state index >= 15 is 0 Å². The third-order valence-corrected chi connectivity index (χ3v) is 5.37. The number of benzene rings is 2. The number of rotatable bonds is 5. The number of hydrogen-bond donors (Lipinski definition) is 0. The molecular formula is C22H20F2O3. The van der Waals surface area contributed by atoms with E-state index in [0.29, 0.717) is 24.5 Å². The highest BCUT2D eigenvalue weighted by molar-refractivity contribution is 6.03. The Morgan fingerprint density at radius 1 is 1.19 bits per heavy atom. The summed E-state index contributed by atoms with van der Waals surface area (Å²) < 4.78 is 38.4. The van der Waals surface area contributed by atoms with Crippen LogP contribution in [-0.4, -0.2) is 19.5 Å². The first-order chi connectivity index (χ1) is 12.8. The third kappa shape index (κ3) is 2.91. The molecule has 5 heteroatoms. The summed E-state index contributed by atoms with van der Waals surface area (Å²) in [6, 6.07) is 8.40. The van der Waals surface area contributed by atoms with E-state index in [4.69, 9.17) is 9.47 Å². The maximum atomic E-state index is 13.7. The van der Waals surface area contributed by atoms with Crippen molar-refractivity contribution in [2.75, 3.05) is 13.7 Å². The molecule has 4 rings (SSSR count). The molecule has 2 aromatic rings. The fourth-order valence-electron chi connectivity index (χ4n) is 4.04. The van der Waals surface area contributed by atoms with Crippen LogP contribution < -0.4 is 9.47 Å². The van der Waals surface area contributed by atoms with Gasteiger partial charge >= 0.3 is 0 Å². The SMILES string of the molecule is COc1ccc(F)cc1C(=O)C(C)(C)CC12C=C1c1cc(F)ccc1OC2. The molecule has 1 aliphatic heterocycles. The Labute approximate surface area is 156 Å². The molecule has 0 bridgehead atoms. The molecule has 2 aliphatic rings. The fraction of sp³-hybridized carbons (Fsp3) is 0.318. The molecule has 1 heterocycles. The number of methoxy groups -OCH3 is 1. The second-order valence-electron chi connectivity index (χ2n) is 7.88. The number of Topliss-reactive ketones (excluding diaryl/α,β-unsaturated/α-hetero) is 1. The molecular weight excluding hydrogens is 350 g/mol. The van der Waals surface area contributed by atoms with E-state index in [9.17, 15) is 13.6 Å². The van der Waals surface area contributed by atoms with E-state index < -0.39 is 11.2 Å². The number of halogens is 2. The van der Waals surface area contributed by atoms with Gasteiger partial charge in [0.2, 0.25) is 0 Å². The van der Waals surface area contributed by atoms with Crippen LogP contribution in [0.25, 0.3) is 5.57 Å². The third-order valence-electron chi connectivity index (χ3n) is 5.37. The van der Waals surface area contributed by atoms with Gasteiger partial charge in [-0.25, -0.2) is 8.78 Å². The van der Waals surface area contributed by atoms with Crippen LogP contribution in [0.3, 0.4) is 0 Å². The van der Waals surface area contributed by atoms with E-state index in [-0.39, 0.29) is 22.6 Å². The minimum absolute atomic E-state index is 0.196. The summed E-state index contributed by atoms with van der Waals surface area (Å²) in [5, 5.41) is 0. The number of ketones is 1.